The third kappa shape index (κ3) is 2.59. The first kappa shape index (κ1) is 14.9. The molecule has 0 N–H and O–H groups in total. The minimum atomic E-state index is -0.0301. The number of imide groups is 1. The van der Waals surface area contributed by atoms with E-state index in [1.807, 2.05) is 21.7 Å². The number of hydrogen-bond donors (Lipinski definition) is 0. The Hall–Kier alpha value is -1.69. The van der Waals surface area contributed by atoms with Crippen molar-refractivity contribution in [3.63, 3.8) is 0 Å². The summed E-state index contributed by atoms with van der Waals surface area (Å²) in [6, 6.07) is 2.37. The van der Waals surface area contributed by atoms with E-state index in [1.165, 1.54) is 4.90 Å². The van der Waals surface area contributed by atoms with Crippen molar-refractivity contribution in [1.82, 2.24) is 9.80 Å². The van der Waals surface area contributed by atoms with Gasteiger partial charge in [-0.15, -0.1) is 0 Å². The van der Waals surface area contributed by atoms with E-state index in [1.54, 1.807) is 11.3 Å². The fourth-order valence-electron chi connectivity index (χ4n) is 4.43. The molecule has 0 saturated carbocycles. The predicted molar refractivity (Wildman–Crippen MR) is 85.8 cm³/mol. The summed E-state index contributed by atoms with van der Waals surface area (Å²) in [5, 5.41) is 4.02. The zero-order valence-corrected chi connectivity index (χ0v) is 13.8. The van der Waals surface area contributed by atoms with Crippen molar-refractivity contribution < 1.29 is 14.4 Å². The molecule has 3 amide bonds. The molecule has 4 rings (SSSR count). The minimum Gasteiger partial charge on any atom is -0.336 e. The molecular formula is C17H20N2O3S. The quantitative estimate of drug-likeness (QED) is 0.795. The Bertz CT molecular complexity index is 612. The molecule has 0 aliphatic carbocycles. The number of fused-ring (bicyclic) bond motifs is 2. The molecule has 1 aromatic heterocycles. The standard InChI is InChI=1S/C17H20N2O3S/c20-15-3-4-16(21)19(15)14-8-12-1-2-13(9-14)18(12)17(22)7-11-5-6-23-10-11/h5-6,10,12-14H,1-4,7-9H2. The molecule has 122 valence electrons. The van der Waals surface area contributed by atoms with Crippen molar-refractivity contribution in [1.29, 1.82) is 0 Å². The van der Waals surface area contributed by atoms with Crippen LogP contribution in [0.5, 0.6) is 0 Å². The van der Waals surface area contributed by atoms with E-state index >= 15 is 0 Å². The lowest BCUT2D eigenvalue weighted by molar-refractivity contribution is -0.144. The number of carbonyl (C=O) groups is 3. The van der Waals surface area contributed by atoms with Gasteiger partial charge in [-0.25, -0.2) is 0 Å². The highest BCUT2D eigenvalue weighted by Gasteiger charge is 2.47. The van der Waals surface area contributed by atoms with Crippen molar-refractivity contribution in [2.75, 3.05) is 0 Å². The number of amides is 3. The Labute approximate surface area is 139 Å². The normalized spacial score (nSPS) is 30.3. The summed E-state index contributed by atoms with van der Waals surface area (Å²) in [6.45, 7) is 0. The Balaban J connectivity index is 1.47. The second kappa shape index (κ2) is 5.74. The first-order chi connectivity index (χ1) is 11.1. The van der Waals surface area contributed by atoms with Gasteiger partial charge in [0.2, 0.25) is 17.7 Å². The molecule has 3 aliphatic heterocycles. The number of thiophene rings is 1. The second-order valence-corrected chi connectivity index (χ2v) is 7.56. The van der Waals surface area contributed by atoms with Crippen LogP contribution in [0.2, 0.25) is 0 Å². The van der Waals surface area contributed by atoms with Crippen LogP contribution in [-0.2, 0) is 20.8 Å². The first-order valence-corrected chi connectivity index (χ1v) is 9.25. The number of likely N-dealkylation sites (tertiary alicyclic amines) is 1. The molecule has 3 saturated heterocycles. The van der Waals surface area contributed by atoms with Crippen LogP contribution in [0.1, 0.15) is 44.1 Å². The van der Waals surface area contributed by atoms with Gasteiger partial charge < -0.3 is 4.90 Å². The topological polar surface area (TPSA) is 57.7 Å². The third-order valence-corrected chi connectivity index (χ3v) is 6.12. The third-order valence-electron chi connectivity index (χ3n) is 5.39. The van der Waals surface area contributed by atoms with E-state index in [9.17, 15) is 14.4 Å². The maximum Gasteiger partial charge on any atom is 0.229 e. The molecule has 0 aromatic carbocycles. The van der Waals surface area contributed by atoms with Crippen molar-refractivity contribution in [3.8, 4) is 0 Å². The highest BCUT2D eigenvalue weighted by Crippen LogP contribution is 2.39. The van der Waals surface area contributed by atoms with Gasteiger partial charge >= 0.3 is 0 Å². The maximum absolute atomic E-state index is 12.7. The van der Waals surface area contributed by atoms with E-state index in [-0.39, 0.29) is 35.8 Å². The fourth-order valence-corrected chi connectivity index (χ4v) is 5.10. The molecular weight excluding hydrogens is 312 g/mol. The van der Waals surface area contributed by atoms with Gasteiger partial charge in [0, 0.05) is 31.0 Å². The summed E-state index contributed by atoms with van der Waals surface area (Å²) in [7, 11) is 0. The summed E-state index contributed by atoms with van der Waals surface area (Å²) in [6.07, 6.45) is 4.66. The lowest BCUT2D eigenvalue weighted by Gasteiger charge is -2.41. The molecule has 0 radical (unpaired) electrons. The number of nitrogens with zero attached hydrogens (tertiary/aromatic N) is 2. The van der Waals surface area contributed by atoms with E-state index in [0.717, 1.165) is 31.2 Å². The van der Waals surface area contributed by atoms with Crippen molar-refractivity contribution in [3.05, 3.63) is 22.4 Å². The lowest BCUT2D eigenvalue weighted by Crippen LogP contribution is -2.54. The van der Waals surface area contributed by atoms with Crippen LogP contribution in [0, 0.1) is 0 Å². The Kier molecular flexibility index (Phi) is 3.71. The number of carbonyl (C=O) groups excluding carboxylic acids is 3. The predicted octanol–water partition coefficient (Wildman–Crippen LogP) is 1.96. The van der Waals surface area contributed by atoms with Crippen LogP contribution in [0.3, 0.4) is 0 Å². The van der Waals surface area contributed by atoms with Crippen molar-refractivity contribution >= 4 is 29.1 Å². The van der Waals surface area contributed by atoms with Gasteiger partial charge in [0.1, 0.15) is 0 Å². The molecule has 1 aromatic rings. The minimum absolute atomic E-state index is 0.000183. The van der Waals surface area contributed by atoms with Gasteiger partial charge in [-0.05, 0) is 48.1 Å². The van der Waals surface area contributed by atoms with E-state index < -0.39 is 0 Å². The average molecular weight is 332 g/mol. The SMILES string of the molecule is O=C1CCC(=O)N1C1CC2CCC(C1)N2C(=O)Cc1ccsc1. The molecule has 3 fully saturated rings. The van der Waals surface area contributed by atoms with Crippen LogP contribution < -0.4 is 0 Å². The van der Waals surface area contributed by atoms with Gasteiger partial charge in [0.15, 0.2) is 0 Å². The fraction of sp³-hybridized carbons (Fsp3) is 0.588. The summed E-state index contributed by atoms with van der Waals surface area (Å²) in [5.41, 5.74) is 1.08. The van der Waals surface area contributed by atoms with Crippen LogP contribution in [0.25, 0.3) is 0 Å². The number of piperidine rings is 1. The van der Waals surface area contributed by atoms with Gasteiger partial charge in [0.05, 0.1) is 6.42 Å². The van der Waals surface area contributed by atoms with Gasteiger partial charge in [0.25, 0.3) is 0 Å². The molecule has 3 aliphatic rings. The van der Waals surface area contributed by atoms with Crippen LogP contribution >= 0.6 is 11.3 Å². The van der Waals surface area contributed by atoms with Gasteiger partial charge in [-0.3, -0.25) is 19.3 Å². The number of rotatable bonds is 3. The zero-order chi connectivity index (χ0) is 16.0. The highest BCUT2D eigenvalue weighted by atomic mass is 32.1. The van der Waals surface area contributed by atoms with E-state index in [0.29, 0.717) is 19.3 Å². The Morgan fingerprint density at radius 3 is 2.30 bits per heavy atom. The first-order valence-electron chi connectivity index (χ1n) is 8.30. The van der Waals surface area contributed by atoms with Crippen LogP contribution in [-0.4, -0.2) is 45.6 Å². The van der Waals surface area contributed by atoms with E-state index in [2.05, 4.69) is 0 Å². The molecule has 2 unspecified atom stereocenters. The summed E-state index contributed by atoms with van der Waals surface area (Å²) in [5.74, 6) is 0.128. The van der Waals surface area contributed by atoms with Crippen molar-refractivity contribution in [2.45, 2.75) is 63.1 Å². The van der Waals surface area contributed by atoms with Crippen molar-refractivity contribution in [2.24, 2.45) is 0 Å². The largest absolute Gasteiger partial charge is 0.336 e. The summed E-state index contributed by atoms with van der Waals surface area (Å²) in [4.78, 5) is 40.1. The van der Waals surface area contributed by atoms with Crippen LogP contribution in [0.4, 0.5) is 0 Å². The smallest absolute Gasteiger partial charge is 0.229 e. The molecule has 0 spiro atoms. The molecule has 23 heavy (non-hydrogen) atoms. The summed E-state index contributed by atoms with van der Waals surface area (Å²) < 4.78 is 0. The Morgan fingerprint density at radius 2 is 1.74 bits per heavy atom. The van der Waals surface area contributed by atoms with Crippen LogP contribution in [0.15, 0.2) is 16.8 Å². The molecule has 4 heterocycles. The van der Waals surface area contributed by atoms with Gasteiger partial charge in [-0.1, -0.05) is 0 Å². The molecule has 2 atom stereocenters. The lowest BCUT2D eigenvalue weighted by atomic mass is 9.95. The molecule has 5 nitrogen and oxygen atoms in total. The van der Waals surface area contributed by atoms with Gasteiger partial charge in [-0.2, -0.15) is 11.3 Å². The second-order valence-electron chi connectivity index (χ2n) is 6.78. The average Bonchev–Trinajstić information content (AvgIpc) is 3.20. The monoisotopic (exact) mass is 332 g/mol. The maximum atomic E-state index is 12.7. The van der Waals surface area contributed by atoms with E-state index in [4.69, 9.17) is 0 Å². The Morgan fingerprint density at radius 1 is 1.09 bits per heavy atom. The highest BCUT2D eigenvalue weighted by molar-refractivity contribution is 7.08. The molecule has 6 heteroatoms. The summed E-state index contributed by atoms with van der Waals surface area (Å²) >= 11 is 1.61. The zero-order valence-electron chi connectivity index (χ0n) is 12.9. The molecule has 2 bridgehead atoms. The number of hydrogen-bond acceptors (Lipinski definition) is 4.